The van der Waals surface area contributed by atoms with E-state index in [1.807, 2.05) is 67.7 Å². The standard InChI is InChI=1S/C35H40FN5O2/c1-24(31-22-37-32-10-3-2-9-30(31)32)33(34(42)38-29-8-6-7-25(21-29)23-40-17-4-5-18-40)39-35(43)41-19-15-27(16-20-41)26-11-13-28(36)14-12-26/h2-3,6-14,21-22,24,27,33,37H,4-5,15-20,23H2,1H3,(H,38,42)(H,39,43). The van der Waals surface area contributed by atoms with E-state index in [9.17, 15) is 14.0 Å². The lowest BCUT2D eigenvalue weighted by atomic mass is 9.89. The Morgan fingerprint density at radius 3 is 2.47 bits per heavy atom. The maximum atomic E-state index is 13.9. The Hall–Kier alpha value is -4.17. The molecule has 0 aliphatic carbocycles. The maximum absolute atomic E-state index is 13.9. The van der Waals surface area contributed by atoms with Crippen molar-refractivity contribution in [3.8, 4) is 0 Å². The molecule has 2 unspecified atom stereocenters. The van der Waals surface area contributed by atoms with E-state index in [0.717, 1.165) is 65.8 Å². The van der Waals surface area contributed by atoms with Crippen molar-refractivity contribution in [2.45, 2.75) is 57.0 Å². The van der Waals surface area contributed by atoms with Gasteiger partial charge in [-0.25, -0.2) is 9.18 Å². The van der Waals surface area contributed by atoms with Crippen molar-refractivity contribution in [1.82, 2.24) is 20.1 Å². The van der Waals surface area contributed by atoms with Gasteiger partial charge in [-0.15, -0.1) is 0 Å². The molecule has 3 heterocycles. The number of benzene rings is 3. The lowest BCUT2D eigenvalue weighted by Crippen LogP contribution is -2.53. The molecular weight excluding hydrogens is 541 g/mol. The Morgan fingerprint density at radius 1 is 0.953 bits per heavy atom. The van der Waals surface area contributed by atoms with E-state index in [-0.39, 0.29) is 29.6 Å². The van der Waals surface area contributed by atoms with E-state index in [1.54, 1.807) is 4.90 Å². The molecule has 3 aromatic carbocycles. The molecule has 3 N–H and O–H groups in total. The van der Waals surface area contributed by atoms with Crippen molar-refractivity contribution in [2.75, 3.05) is 31.5 Å². The minimum atomic E-state index is -0.788. The Morgan fingerprint density at radius 2 is 1.70 bits per heavy atom. The lowest BCUT2D eigenvalue weighted by Gasteiger charge is -2.34. The van der Waals surface area contributed by atoms with E-state index >= 15 is 0 Å². The maximum Gasteiger partial charge on any atom is 0.318 e. The number of urea groups is 1. The van der Waals surface area contributed by atoms with Crippen LogP contribution in [0.3, 0.4) is 0 Å². The van der Waals surface area contributed by atoms with Crippen LogP contribution >= 0.6 is 0 Å². The first kappa shape index (κ1) is 28.9. The lowest BCUT2D eigenvalue weighted by molar-refractivity contribution is -0.118. The first-order valence-corrected chi connectivity index (χ1v) is 15.4. The summed E-state index contributed by atoms with van der Waals surface area (Å²) < 4.78 is 13.4. The van der Waals surface area contributed by atoms with Crippen LogP contribution < -0.4 is 10.6 Å². The number of nitrogens with one attached hydrogen (secondary N) is 3. The summed E-state index contributed by atoms with van der Waals surface area (Å²) in [4.78, 5) is 35.1. The van der Waals surface area contributed by atoms with Crippen LogP contribution in [0, 0.1) is 5.82 Å². The second kappa shape index (κ2) is 13.0. The molecule has 224 valence electrons. The predicted molar refractivity (Wildman–Crippen MR) is 169 cm³/mol. The molecule has 2 saturated heterocycles. The number of anilines is 1. The topological polar surface area (TPSA) is 80.5 Å². The van der Waals surface area contributed by atoms with Gasteiger partial charge in [-0.1, -0.05) is 49.4 Å². The zero-order valence-corrected chi connectivity index (χ0v) is 24.7. The number of fused-ring (bicyclic) bond motifs is 1. The van der Waals surface area contributed by atoms with Crippen LogP contribution in [0.2, 0.25) is 0 Å². The van der Waals surface area contributed by atoms with Crippen molar-refractivity contribution in [3.63, 3.8) is 0 Å². The molecule has 2 fully saturated rings. The van der Waals surface area contributed by atoms with Crippen molar-refractivity contribution in [3.05, 3.63) is 102 Å². The van der Waals surface area contributed by atoms with Gasteiger partial charge in [-0.05, 0) is 91.7 Å². The smallest absolute Gasteiger partial charge is 0.318 e. The number of aromatic amines is 1. The molecule has 3 amide bonds. The van der Waals surface area contributed by atoms with E-state index in [0.29, 0.717) is 13.1 Å². The monoisotopic (exact) mass is 581 g/mol. The third-order valence-corrected chi connectivity index (χ3v) is 9.10. The van der Waals surface area contributed by atoms with Gasteiger partial charge in [0.15, 0.2) is 0 Å². The highest BCUT2D eigenvalue weighted by Crippen LogP contribution is 2.30. The highest BCUT2D eigenvalue weighted by atomic mass is 19.1. The van der Waals surface area contributed by atoms with Gasteiger partial charge in [0.1, 0.15) is 11.9 Å². The van der Waals surface area contributed by atoms with Crippen LogP contribution in [0.25, 0.3) is 10.9 Å². The van der Waals surface area contributed by atoms with Gasteiger partial charge in [0.2, 0.25) is 5.91 Å². The number of H-pyrrole nitrogens is 1. The zero-order valence-electron chi connectivity index (χ0n) is 24.7. The summed E-state index contributed by atoms with van der Waals surface area (Å²) in [5.41, 5.74) is 4.96. The van der Waals surface area contributed by atoms with Gasteiger partial charge < -0.3 is 20.5 Å². The van der Waals surface area contributed by atoms with Crippen LogP contribution in [-0.2, 0) is 11.3 Å². The third-order valence-electron chi connectivity index (χ3n) is 9.10. The number of carbonyl (C=O) groups is 2. The molecule has 4 aromatic rings. The number of carbonyl (C=O) groups excluding carboxylic acids is 2. The summed E-state index contributed by atoms with van der Waals surface area (Å²) in [6, 6.07) is 21.6. The first-order valence-electron chi connectivity index (χ1n) is 15.4. The highest BCUT2D eigenvalue weighted by molar-refractivity contribution is 5.98. The van der Waals surface area contributed by atoms with Crippen LogP contribution in [0.5, 0.6) is 0 Å². The molecule has 0 bridgehead atoms. The normalized spacial score (nSPS) is 17.6. The average Bonchev–Trinajstić information content (AvgIpc) is 3.70. The second-order valence-electron chi connectivity index (χ2n) is 12.0. The molecule has 0 saturated carbocycles. The fourth-order valence-corrected chi connectivity index (χ4v) is 6.61. The first-order chi connectivity index (χ1) is 20.9. The minimum Gasteiger partial charge on any atom is -0.361 e. The fourth-order valence-electron chi connectivity index (χ4n) is 6.61. The third kappa shape index (κ3) is 6.75. The van der Waals surface area contributed by atoms with Crippen molar-refractivity contribution in [2.24, 2.45) is 0 Å². The summed E-state index contributed by atoms with van der Waals surface area (Å²) in [6.07, 6.45) is 5.98. The van der Waals surface area contributed by atoms with Crippen LogP contribution in [-0.4, -0.2) is 58.9 Å². The fraction of sp³-hybridized carbons (Fsp3) is 0.371. The minimum absolute atomic E-state index is 0.243. The van der Waals surface area contributed by atoms with E-state index < -0.39 is 6.04 Å². The Balaban J connectivity index is 1.18. The van der Waals surface area contributed by atoms with Gasteiger partial charge in [-0.3, -0.25) is 9.69 Å². The number of hydrogen-bond donors (Lipinski definition) is 3. The van der Waals surface area contributed by atoms with Crippen LogP contribution in [0.4, 0.5) is 14.9 Å². The van der Waals surface area contributed by atoms with E-state index in [4.69, 9.17) is 0 Å². The highest BCUT2D eigenvalue weighted by Gasteiger charge is 2.32. The SMILES string of the molecule is CC(c1c[nH]c2ccccc12)C(NC(=O)N1CCC(c2ccc(F)cc2)CC1)C(=O)Nc1cccc(CN2CCCC2)c1. The molecule has 0 spiro atoms. The molecule has 43 heavy (non-hydrogen) atoms. The Labute approximate surface area is 252 Å². The summed E-state index contributed by atoms with van der Waals surface area (Å²) in [5, 5.41) is 7.24. The number of para-hydroxylation sites is 1. The molecule has 6 rings (SSSR count). The number of piperidine rings is 1. The average molecular weight is 582 g/mol. The summed E-state index contributed by atoms with van der Waals surface area (Å²) in [6.45, 7) is 6.21. The van der Waals surface area contributed by atoms with Gasteiger partial charge in [-0.2, -0.15) is 0 Å². The number of hydrogen-bond acceptors (Lipinski definition) is 3. The summed E-state index contributed by atoms with van der Waals surface area (Å²) >= 11 is 0. The van der Waals surface area contributed by atoms with E-state index in [1.165, 1.54) is 25.0 Å². The number of likely N-dealkylation sites (tertiary alicyclic amines) is 2. The molecule has 1 aromatic heterocycles. The molecule has 7 nitrogen and oxygen atoms in total. The number of nitrogens with zero attached hydrogens (tertiary/aromatic N) is 2. The molecule has 8 heteroatoms. The zero-order chi connectivity index (χ0) is 29.8. The van der Waals surface area contributed by atoms with Gasteiger partial charge in [0.25, 0.3) is 0 Å². The number of halogens is 1. The molecule has 0 radical (unpaired) electrons. The number of aromatic nitrogens is 1. The molecule has 2 atom stereocenters. The number of rotatable bonds is 8. The predicted octanol–water partition coefficient (Wildman–Crippen LogP) is 6.60. The van der Waals surface area contributed by atoms with Crippen molar-refractivity contribution in [1.29, 1.82) is 0 Å². The van der Waals surface area contributed by atoms with Gasteiger partial charge in [0, 0.05) is 48.3 Å². The largest absolute Gasteiger partial charge is 0.361 e. The van der Waals surface area contributed by atoms with Gasteiger partial charge in [0.05, 0.1) is 0 Å². The summed E-state index contributed by atoms with van der Waals surface area (Å²) in [5.74, 6) is -0.496. The van der Waals surface area contributed by atoms with Gasteiger partial charge >= 0.3 is 6.03 Å². The quantitative estimate of drug-likeness (QED) is 0.219. The second-order valence-corrected chi connectivity index (χ2v) is 12.0. The van der Waals surface area contributed by atoms with E-state index in [2.05, 4.69) is 26.6 Å². The van der Waals surface area contributed by atoms with Crippen molar-refractivity contribution < 1.29 is 14.0 Å². The number of amides is 3. The molecular formula is C35H40FN5O2. The van der Waals surface area contributed by atoms with Crippen LogP contribution in [0.1, 0.15) is 61.1 Å². The van der Waals surface area contributed by atoms with Crippen LogP contribution in [0.15, 0.2) is 79.0 Å². The Kier molecular flexibility index (Phi) is 8.74. The summed E-state index contributed by atoms with van der Waals surface area (Å²) in [7, 11) is 0. The Bertz CT molecular complexity index is 1550. The van der Waals surface area contributed by atoms with Crippen molar-refractivity contribution >= 4 is 28.5 Å². The molecule has 2 aliphatic heterocycles. The molecule has 2 aliphatic rings.